The Balaban J connectivity index is 3.12. The Morgan fingerprint density at radius 3 is 2.43 bits per heavy atom. The fourth-order valence-electron chi connectivity index (χ4n) is 1.19. The summed E-state index contributed by atoms with van der Waals surface area (Å²) in [7, 11) is 0. The van der Waals surface area contributed by atoms with Crippen LogP contribution in [-0.4, -0.2) is 5.91 Å². The van der Waals surface area contributed by atoms with E-state index >= 15 is 0 Å². The van der Waals surface area contributed by atoms with Crippen LogP contribution in [0.4, 0.5) is 0 Å². The van der Waals surface area contributed by atoms with E-state index in [2.05, 4.69) is 5.18 Å². The van der Waals surface area contributed by atoms with Crippen molar-refractivity contribution in [3.05, 3.63) is 39.8 Å². The zero-order valence-corrected chi connectivity index (χ0v) is 7.56. The summed E-state index contributed by atoms with van der Waals surface area (Å²) in [5.41, 5.74) is 12.3. The van der Waals surface area contributed by atoms with Gasteiger partial charge >= 0.3 is 0 Å². The van der Waals surface area contributed by atoms with Crippen LogP contribution in [0.1, 0.15) is 21.5 Å². The standard InChI is InChI=1S/C9H11N3O2/c10-4-6-1-7(5-12-14)3-8(2-6)9(11)13/h1-3H,4-5,10H2,(H2,11,13). The van der Waals surface area contributed by atoms with Crippen molar-refractivity contribution in [3.63, 3.8) is 0 Å². The molecule has 5 nitrogen and oxygen atoms in total. The Hall–Kier alpha value is -1.75. The normalized spacial score (nSPS) is 9.79. The quantitative estimate of drug-likeness (QED) is 0.681. The van der Waals surface area contributed by atoms with E-state index in [4.69, 9.17) is 11.5 Å². The van der Waals surface area contributed by atoms with Crippen LogP contribution >= 0.6 is 0 Å². The minimum atomic E-state index is -0.535. The van der Waals surface area contributed by atoms with E-state index in [0.29, 0.717) is 17.7 Å². The number of hydrogen-bond donors (Lipinski definition) is 2. The number of carbonyl (C=O) groups excluding carboxylic acids is 1. The van der Waals surface area contributed by atoms with E-state index in [1.165, 1.54) is 0 Å². The molecule has 0 fully saturated rings. The molecule has 4 N–H and O–H groups in total. The van der Waals surface area contributed by atoms with Crippen molar-refractivity contribution in [2.45, 2.75) is 13.1 Å². The van der Waals surface area contributed by atoms with Gasteiger partial charge in [-0.1, -0.05) is 11.2 Å². The van der Waals surface area contributed by atoms with Crippen LogP contribution in [0.3, 0.4) is 0 Å². The molecule has 0 aliphatic rings. The third-order valence-electron chi connectivity index (χ3n) is 1.82. The summed E-state index contributed by atoms with van der Waals surface area (Å²) in [6.07, 6.45) is 0. The van der Waals surface area contributed by atoms with Crippen LogP contribution in [-0.2, 0) is 13.1 Å². The minimum Gasteiger partial charge on any atom is -0.366 e. The maximum atomic E-state index is 10.9. The Morgan fingerprint density at radius 2 is 1.93 bits per heavy atom. The first-order chi connectivity index (χ1) is 6.67. The number of carbonyl (C=O) groups is 1. The highest BCUT2D eigenvalue weighted by molar-refractivity contribution is 5.93. The molecule has 0 atom stereocenters. The van der Waals surface area contributed by atoms with Gasteiger partial charge in [0.25, 0.3) is 0 Å². The largest absolute Gasteiger partial charge is 0.366 e. The van der Waals surface area contributed by atoms with E-state index in [1.807, 2.05) is 0 Å². The summed E-state index contributed by atoms with van der Waals surface area (Å²) in [5.74, 6) is -0.535. The molecule has 0 saturated carbocycles. The summed E-state index contributed by atoms with van der Waals surface area (Å²) >= 11 is 0. The molecule has 14 heavy (non-hydrogen) atoms. The van der Waals surface area contributed by atoms with Crippen molar-refractivity contribution >= 4 is 5.91 Å². The second-order valence-corrected chi connectivity index (χ2v) is 2.89. The van der Waals surface area contributed by atoms with Crippen molar-refractivity contribution in [2.75, 3.05) is 0 Å². The third-order valence-corrected chi connectivity index (χ3v) is 1.82. The highest BCUT2D eigenvalue weighted by atomic mass is 16.3. The van der Waals surface area contributed by atoms with E-state index in [0.717, 1.165) is 5.56 Å². The zero-order valence-electron chi connectivity index (χ0n) is 7.56. The van der Waals surface area contributed by atoms with E-state index in [1.54, 1.807) is 18.2 Å². The molecule has 0 radical (unpaired) electrons. The van der Waals surface area contributed by atoms with Crippen molar-refractivity contribution in [3.8, 4) is 0 Å². The molecule has 0 bridgehead atoms. The lowest BCUT2D eigenvalue weighted by Crippen LogP contribution is -2.12. The van der Waals surface area contributed by atoms with Gasteiger partial charge in [0, 0.05) is 12.1 Å². The molecule has 0 aliphatic heterocycles. The van der Waals surface area contributed by atoms with Crippen LogP contribution in [0.2, 0.25) is 0 Å². The average Bonchev–Trinajstić information content (AvgIpc) is 2.17. The Morgan fingerprint density at radius 1 is 1.29 bits per heavy atom. The molecular formula is C9H11N3O2. The monoisotopic (exact) mass is 193 g/mol. The van der Waals surface area contributed by atoms with Crippen molar-refractivity contribution in [2.24, 2.45) is 16.6 Å². The third kappa shape index (κ3) is 2.37. The van der Waals surface area contributed by atoms with Crippen LogP contribution in [0.25, 0.3) is 0 Å². The molecule has 0 aliphatic carbocycles. The van der Waals surface area contributed by atoms with Gasteiger partial charge in [0.05, 0.1) is 0 Å². The molecule has 0 saturated heterocycles. The first-order valence-corrected chi connectivity index (χ1v) is 4.09. The maximum Gasteiger partial charge on any atom is 0.248 e. The number of primary amides is 1. The van der Waals surface area contributed by atoms with Gasteiger partial charge in [-0.3, -0.25) is 4.79 Å². The lowest BCUT2D eigenvalue weighted by Gasteiger charge is -2.03. The fourth-order valence-corrected chi connectivity index (χ4v) is 1.19. The topological polar surface area (TPSA) is 98.5 Å². The number of amides is 1. The van der Waals surface area contributed by atoms with Crippen LogP contribution in [0, 0.1) is 4.91 Å². The second kappa shape index (κ2) is 4.48. The van der Waals surface area contributed by atoms with Gasteiger partial charge in [-0.15, -0.1) is 0 Å². The molecule has 0 spiro atoms. The van der Waals surface area contributed by atoms with Crippen molar-refractivity contribution in [1.29, 1.82) is 0 Å². The molecule has 1 rings (SSSR count). The van der Waals surface area contributed by atoms with Crippen molar-refractivity contribution in [1.82, 2.24) is 0 Å². The number of hydrogen-bond acceptors (Lipinski definition) is 4. The SMILES string of the molecule is NCc1cc(CN=O)cc(C(N)=O)c1. The first-order valence-electron chi connectivity index (χ1n) is 4.09. The fraction of sp³-hybridized carbons (Fsp3) is 0.222. The number of rotatable bonds is 4. The Labute approximate surface area is 81.1 Å². The maximum absolute atomic E-state index is 10.9. The van der Waals surface area contributed by atoms with Gasteiger partial charge in [-0.05, 0) is 23.3 Å². The van der Waals surface area contributed by atoms with Crippen LogP contribution in [0.15, 0.2) is 23.4 Å². The van der Waals surface area contributed by atoms with Gasteiger partial charge in [0.1, 0.15) is 6.54 Å². The van der Waals surface area contributed by atoms with E-state index in [-0.39, 0.29) is 6.54 Å². The molecule has 0 unspecified atom stereocenters. The molecular weight excluding hydrogens is 182 g/mol. The summed E-state index contributed by atoms with van der Waals surface area (Å²) in [6, 6.07) is 4.88. The van der Waals surface area contributed by atoms with Gasteiger partial charge in [0.15, 0.2) is 0 Å². The molecule has 74 valence electrons. The van der Waals surface area contributed by atoms with Gasteiger partial charge in [-0.25, -0.2) is 0 Å². The van der Waals surface area contributed by atoms with Crippen molar-refractivity contribution < 1.29 is 4.79 Å². The number of nitrogens with two attached hydrogens (primary N) is 2. The Bertz CT molecular complexity index is 363. The summed E-state index contributed by atoms with van der Waals surface area (Å²) in [4.78, 5) is 21.0. The minimum absolute atomic E-state index is 0.0219. The number of nitrogens with zero attached hydrogens (tertiary/aromatic N) is 1. The summed E-state index contributed by atoms with van der Waals surface area (Å²) in [6.45, 7) is 0.321. The van der Waals surface area contributed by atoms with Crippen LogP contribution < -0.4 is 11.5 Å². The molecule has 1 amide bonds. The molecule has 1 aromatic carbocycles. The Kier molecular flexibility index (Phi) is 3.30. The smallest absolute Gasteiger partial charge is 0.248 e. The molecule has 5 heteroatoms. The highest BCUT2D eigenvalue weighted by Gasteiger charge is 2.04. The number of nitroso groups, excluding NO2 is 1. The molecule has 1 aromatic rings. The van der Waals surface area contributed by atoms with Crippen LogP contribution in [0.5, 0.6) is 0 Å². The molecule has 0 heterocycles. The van der Waals surface area contributed by atoms with Gasteiger partial charge < -0.3 is 11.5 Å². The lowest BCUT2D eigenvalue weighted by atomic mass is 10.1. The summed E-state index contributed by atoms with van der Waals surface area (Å²) < 4.78 is 0. The van der Waals surface area contributed by atoms with Gasteiger partial charge in [-0.2, -0.15) is 4.91 Å². The highest BCUT2D eigenvalue weighted by Crippen LogP contribution is 2.10. The zero-order chi connectivity index (χ0) is 10.6. The summed E-state index contributed by atoms with van der Waals surface area (Å²) in [5, 5.41) is 2.74. The van der Waals surface area contributed by atoms with E-state index < -0.39 is 5.91 Å². The van der Waals surface area contributed by atoms with Gasteiger partial charge in [0.2, 0.25) is 5.91 Å². The second-order valence-electron chi connectivity index (χ2n) is 2.89. The number of benzene rings is 1. The lowest BCUT2D eigenvalue weighted by molar-refractivity contribution is 0.1000. The van der Waals surface area contributed by atoms with E-state index in [9.17, 15) is 9.70 Å². The molecule has 0 aromatic heterocycles. The predicted molar refractivity (Wildman–Crippen MR) is 52.4 cm³/mol. The first kappa shape index (κ1) is 10.3. The predicted octanol–water partition coefficient (Wildman–Crippen LogP) is 0.511. The average molecular weight is 193 g/mol.